The van der Waals surface area contributed by atoms with Crippen LogP contribution in [0.2, 0.25) is 0 Å². The molecule has 1 rings (SSSR count). The Kier molecular flexibility index (Phi) is 4.77. The van der Waals surface area contributed by atoms with Gasteiger partial charge in [0.1, 0.15) is 0 Å². The van der Waals surface area contributed by atoms with E-state index in [2.05, 4.69) is 12.2 Å². The molecule has 0 aliphatic heterocycles. The molecule has 0 saturated carbocycles. The number of benzene rings is 1. The summed E-state index contributed by atoms with van der Waals surface area (Å²) >= 11 is 0. The first-order valence-corrected chi connectivity index (χ1v) is 5.67. The van der Waals surface area contributed by atoms with Crippen molar-refractivity contribution < 1.29 is 4.79 Å². The second-order valence-corrected chi connectivity index (χ2v) is 4.01. The van der Waals surface area contributed by atoms with E-state index < -0.39 is 0 Å². The number of rotatable bonds is 4. The van der Waals surface area contributed by atoms with Crippen molar-refractivity contribution >= 4 is 12.0 Å². The molecule has 0 aromatic heterocycles. The summed E-state index contributed by atoms with van der Waals surface area (Å²) in [7, 11) is 0. The van der Waals surface area contributed by atoms with Crippen LogP contribution in [0.25, 0.3) is 6.08 Å². The maximum absolute atomic E-state index is 11.5. The largest absolute Gasteiger partial charge is 0.350 e. The number of amides is 1. The van der Waals surface area contributed by atoms with Gasteiger partial charge in [-0.05, 0) is 37.5 Å². The van der Waals surface area contributed by atoms with Crippen molar-refractivity contribution in [1.29, 1.82) is 0 Å². The fourth-order valence-corrected chi connectivity index (χ4v) is 1.33. The van der Waals surface area contributed by atoms with Gasteiger partial charge >= 0.3 is 0 Å². The summed E-state index contributed by atoms with van der Waals surface area (Å²) in [6, 6.07) is 8.23. The minimum absolute atomic E-state index is 0.0300. The topological polar surface area (TPSA) is 29.1 Å². The van der Waals surface area contributed by atoms with E-state index in [1.807, 2.05) is 44.2 Å². The fraction of sp³-hybridized carbons (Fsp3) is 0.357. The van der Waals surface area contributed by atoms with Crippen LogP contribution in [0.4, 0.5) is 0 Å². The molecule has 0 saturated heterocycles. The quantitative estimate of drug-likeness (QED) is 0.772. The highest BCUT2D eigenvalue weighted by Gasteiger charge is 2.01. The molecular weight excluding hydrogens is 198 g/mol. The molecular formula is C14H19NO. The molecule has 0 spiro atoms. The van der Waals surface area contributed by atoms with Crippen LogP contribution in [0.1, 0.15) is 31.4 Å². The first kappa shape index (κ1) is 12.5. The van der Waals surface area contributed by atoms with Crippen molar-refractivity contribution in [3.63, 3.8) is 0 Å². The van der Waals surface area contributed by atoms with Crippen LogP contribution in [0, 0.1) is 6.92 Å². The van der Waals surface area contributed by atoms with Gasteiger partial charge in [0.25, 0.3) is 0 Å². The van der Waals surface area contributed by atoms with Crippen LogP contribution in [0.15, 0.2) is 30.3 Å². The van der Waals surface area contributed by atoms with Gasteiger partial charge in [0.2, 0.25) is 5.91 Å². The van der Waals surface area contributed by atoms with Gasteiger partial charge in [-0.1, -0.05) is 31.2 Å². The van der Waals surface area contributed by atoms with Gasteiger partial charge in [0.15, 0.2) is 0 Å². The lowest BCUT2D eigenvalue weighted by Gasteiger charge is -2.08. The Bertz CT molecular complexity index is 382. The van der Waals surface area contributed by atoms with E-state index in [0.29, 0.717) is 0 Å². The molecule has 1 aromatic rings. The average Bonchev–Trinajstić information content (AvgIpc) is 2.28. The van der Waals surface area contributed by atoms with Crippen LogP contribution in [-0.2, 0) is 4.79 Å². The van der Waals surface area contributed by atoms with Gasteiger partial charge in [0, 0.05) is 12.1 Å². The van der Waals surface area contributed by atoms with Gasteiger partial charge in [-0.25, -0.2) is 0 Å². The molecule has 0 aliphatic carbocycles. The molecule has 1 atom stereocenters. The lowest BCUT2D eigenvalue weighted by Crippen LogP contribution is -2.30. The average molecular weight is 217 g/mol. The number of hydrogen-bond acceptors (Lipinski definition) is 1. The Labute approximate surface area is 97.4 Å². The number of carbonyl (C=O) groups excluding carboxylic acids is 1. The van der Waals surface area contributed by atoms with Crippen molar-refractivity contribution in [3.8, 4) is 0 Å². The molecule has 1 N–H and O–H groups in total. The minimum Gasteiger partial charge on any atom is -0.350 e. The molecule has 1 unspecified atom stereocenters. The van der Waals surface area contributed by atoms with Gasteiger partial charge in [-0.15, -0.1) is 0 Å². The Hall–Kier alpha value is -1.57. The van der Waals surface area contributed by atoms with Crippen molar-refractivity contribution in [3.05, 3.63) is 41.5 Å². The molecule has 1 aromatic carbocycles. The van der Waals surface area contributed by atoms with Crippen molar-refractivity contribution in [1.82, 2.24) is 5.32 Å². The molecule has 16 heavy (non-hydrogen) atoms. The maximum Gasteiger partial charge on any atom is 0.244 e. The number of nitrogens with one attached hydrogen (secondary N) is 1. The standard InChI is InChI=1S/C14H19NO/c1-4-12(3)15-14(16)10-9-13-8-6-5-7-11(13)2/h5-10,12H,4H2,1-3H3,(H,15,16). The third-order valence-corrected chi connectivity index (χ3v) is 2.60. The predicted molar refractivity (Wildman–Crippen MR) is 68.1 cm³/mol. The zero-order valence-electron chi connectivity index (χ0n) is 10.2. The van der Waals surface area contributed by atoms with Crippen LogP contribution in [0.5, 0.6) is 0 Å². The second-order valence-electron chi connectivity index (χ2n) is 4.01. The molecule has 0 aliphatic rings. The predicted octanol–water partition coefficient (Wildman–Crippen LogP) is 2.92. The summed E-state index contributed by atoms with van der Waals surface area (Å²) in [5.41, 5.74) is 2.26. The Morgan fingerprint density at radius 3 is 2.75 bits per heavy atom. The van der Waals surface area contributed by atoms with Gasteiger partial charge in [-0.3, -0.25) is 4.79 Å². The molecule has 0 fully saturated rings. The highest BCUT2D eigenvalue weighted by atomic mass is 16.1. The van der Waals surface area contributed by atoms with Gasteiger partial charge < -0.3 is 5.32 Å². The van der Waals surface area contributed by atoms with Gasteiger partial charge in [-0.2, -0.15) is 0 Å². The Morgan fingerprint density at radius 2 is 2.12 bits per heavy atom. The second kappa shape index (κ2) is 6.11. The fourth-order valence-electron chi connectivity index (χ4n) is 1.33. The normalized spacial score (nSPS) is 12.7. The minimum atomic E-state index is -0.0300. The van der Waals surface area contributed by atoms with Gasteiger partial charge in [0.05, 0.1) is 0 Å². The summed E-state index contributed by atoms with van der Waals surface area (Å²) in [4.78, 5) is 11.5. The van der Waals surface area contributed by atoms with E-state index in [1.165, 1.54) is 5.56 Å². The number of aryl methyl sites for hydroxylation is 1. The van der Waals surface area contributed by atoms with Crippen molar-refractivity contribution in [2.75, 3.05) is 0 Å². The monoisotopic (exact) mass is 217 g/mol. The van der Waals surface area contributed by atoms with Crippen molar-refractivity contribution in [2.24, 2.45) is 0 Å². The van der Waals surface area contributed by atoms with Crippen LogP contribution in [0.3, 0.4) is 0 Å². The first-order chi connectivity index (χ1) is 7.63. The molecule has 2 heteroatoms. The van der Waals surface area contributed by atoms with E-state index in [4.69, 9.17) is 0 Å². The summed E-state index contributed by atoms with van der Waals surface area (Å²) in [6.07, 6.45) is 4.39. The Morgan fingerprint density at radius 1 is 1.44 bits per heavy atom. The summed E-state index contributed by atoms with van der Waals surface area (Å²) < 4.78 is 0. The van der Waals surface area contributed by atoms with E-state index in [-0.39, 0.29) is 11.9 Å². The van der Waals surface area contributed by atoms with Crippen LogP contribution in [-0.4, -0.2) is 11.9 Å². The zero-order chi connectivity index (χ0) is 12.0. The lowest BCUT2D eigenvalue weighted by molar-refractivity contribution is -0.117. The molecule has 0 bridgehead atoms. The van der Waals surface area contributed by atoms with E-state index in [1.54, 1.807) is 6.08 Å². The van der Waals surface area contributed by atoms with E-state index in [0.717, 1.165) is 12.0 Å². The third kappa shape index (κ3) is 3.89. The molecule has 1 amide bonds. The van der Waals surface area contributed by atoms with Crippen molar-refractivity contribution in [2.45, 2.75) is 33.2 Å². The summed E-state index contributed by atoms with van der Waals surface area (Å²) in [5, 5.41) is 2.89. The maximum atomic E-state index is 11.5. The van der Waals surface area contributed by atoms with E-state index >= 15 is 0 Å². The molecule has 0 heterocycles. The SMILES string of the molecule is CCC(C)NC(=O)C=Cc1ccccc1C. The highest BCUT2D eigenvalue weighted by Crippen LogP contribution is 2.08. The smallest absolute Gasteiger partial charge is 0.244 e. The molecule has 2 nitrogen and oxygen atoms in total. The Balaban J connectivity index is 2.60. The lowest BCUT2D eigenvalue weighted by atomic mass is 10.1. The third-order valence-electron chi connectivity index (χ3n) is 2.60. The zero-order valence-corrected chi connectivity index (χ0v) is 10.2. The highest BCUT2D eigenvalue weighted by molar-refractivity contribution is 5.92. The van der Waals surface area contributed by atoms with Crippen LogP contribution >= 0.6 is 0 Å². The number of hydrogen-bond donors (Lipinski definition) is 1. The summed E-state index contributed by atoms with van der Waals surface area (Å²) in [6.45, 7) is 6.09. The molecule has 86 valence electrons. The number of carbonyl (C=O) groups is 1. The first-order valence-electron chi connectivity index (χ1n) is 5.67. The summed E-state index contributed by atoms with van der Waals surface area (Å²) in [5.74, 6) is -0.0300. The van der Waals surface area contributed by atoms with E-state index in [9.17, 15) is 4.79 Å². The molecule has 0 radical (unpaired) electrons. The van der Waals surface area contributed by atoms with Crippen LogP contribution < -0.4 is 5.32 Å².